The van der Waals surface area contributed by atoms with Gasteiger partial charge < -0.3 is 9.64 Å². The van der Waals surface area contributed by atoms with Crippen LogP contribution in [0.3, 0.4) is 0 Å². The van der Waals surface area contributed by atoms with E-state index in [1.165, 1.54) is 11.8 Å². The number of aromatic nitrogens is 4. The lowest BCUT2D eigenvalue weighted by molar-refractivity contribution is -0.134. The van der Waals surface area contributed by atoms with Crippen molar-refractivity contribution in [1.82, 2.24) is 25.1 Å². The van der Waals surface area contributed by atoms with Crippen LogP contribution in [-0.4, -0.2) is 57.3 Å². The van der Waals surface area contributed by atoms with Crippen molar-refractivity contribution < 1.29 is 9.53 Å². The van der Waals surface area contributed by atoms with E-state index in [0.29, 0.717) is 31.5 Å². The number of aryl methyl sites for hydroxylation is 2. The molecule has 3 aromatic rings. The standard InChI is InChI=1S/C21H23N5O2S/c1-15-12-16(2)14-18(13-15)26-21(22-23-24-26)29-19(17-6-4-3-5-7-17)20(27)25-8-10-28-11-9-25/h3-7,12-14,19H,8-11H2,1-2H3/t19-/m0/s1. The third-order valence-electron chi connectivity index (χ3n) is 4.76. The molecular weight excluding hydrogens is 386 g/mol. The number of hydrogen-bond donors (Lipinski definition) is 0. The molecular formula is C21H23N5O2S. The van der Waals surface area contributed by atoms with Crippen LogP contribution < -0.4 is 0 Å². The molecule has 2 aromatic carbocycles. The SMILES string of the molecule is Cc1cc(C)cc(-n2nnnc2S[C@H](C(=O)N2CCOCC2)c2ccccc2)c1. The monoisotopic (exact) mass is 409 g/mol. The van der Waals surface area contributed by atoms with Gasteiger partial charge >= 0.3 is 0 Å². The number of nitrogens with zero attached hydrogens (tertiary/aromatic N) is 5. The van der Waals surface area contributed by atoms with Crippen LogP contribution in [0.25, 0.3) is 5.69 Å². The van der Waals surface area contributed by atoms with Crippen molar-refractivity contribution >= 4 is 17.7 Å². The molecule has 4 rings (SSSR count). The molecule has 0 bridgehead atoms. The van der Waals surface area contributed by atoms with Crippen LogP contribution in [0.15, 0.2) is 53.7 Å². The smallest absolute Gasteiger partial charge is 0.240 e. The third-order valence-corrected chi connectivity index (χ3v) is 5.94. The average molecular weight is 410 g/mol. The first kappa shape index (κ1) is 19.6. The number of hydrogen-bond acceptors (Lipinski definition) is 6. The zero-order chi connectivity index (χ0) is 20.2. The minimum absolute atomic E-state index is 0.0551. The van der Waals surface area contributed by atoms with Gasteiger partial charge in [0, 0.05) is 13.1 Å². The number of tetrazole rings is 1. The van der Waals surface area contributed by atoms with E-state index in [1.54, 1.807) is 4.68 Å². The molecule has 0 saturated carbocycles. The average Bonchev–Trinajstić information content (AvgIpc) is 3.20. The van der Waals surface area contributed by atoms with E-state index in [1.807, 2.05) is 61.2 Å². The summed E-state index contributed by atoms with van der Waals surface area (Å²) in [6.45, 7) is 6.43. The molecule has 8 heteroatoms. The highest BCUT2D eigenvalue weighted by molar-refractivity contribution is 8.00. The number of ether oxygens (including phenoxy) is 1. The summed E-state index contributed by atoms with van der Waals surface area (Å²) in [4.78, 5) is 15.2. The van der Waals surface area contributed by atoms with E-state index in [2.05, 4.69) is 21.6 Å². The highest BCUT2D eigenvalue weighted by atomic mass is 32.2. The zero-order valence-electron chi connectivity index (χ0n) is 16.5. The molecule has 1 aromatic heterocycles. The van der Waals surface area contributed by atoms with Gasteiger partial charge in [-0.3, -0.25) is 4.79 Å². The fraction of sp³-hybridized carbons (Fsp3) is 0.333. The second-order valence-electron chi connectivity index (χ2n) is 7.07. The van der Waals surface area contributed by atoms with Crippen molar-refractivity contribution in [3.05, 3.63) is 65.2 Å². The van der Waals surface area contributed by atoms with Crippen LogP contribution in [0.5, 0.6) is 0 Å². The molecule has 150 valence electrons. The van der Waals surface area contributed by atoms with Gasteiger partial charge in [-0.25, -0.2) is 0 Å². The Hall–Kier alpha value is -2.71. The normalized spacial score (nSPS) is 15.3. The summed E-state index contributed by atoms with van der Waals surface area (Å²) in [5, 5.41) is 12.4. The van der Waals surface area contributed by atoms with Gasteiger partial charge in [0.05, 0.1) is 18.9 Å². The minimum Gasteiger partial charge on any atom is -0.378 e. The topological polar surface area (TPSA) is 73.1 Å². The van der Waals surface area contributed by atoms with E-state index >= 15 is 0 Å². The van der Waals surface area contributed by atoms with Crippen LogP contribution in [0.2, 0.25) is 0 Å². The summed E-state index contributed by atoms with van der Waals surface area (Å²) in [7, 11) is 0. The lowest BCUT2D eigenvalue weighted by Crippen LogP contribution is -2.42. The van der Waals surface area contributed by atoms with Gasteiger partial charge in [-0.1, -0.05) is 48.2 Å². The molecule has 0 radical (unpaired) electrons. The Balaban J connectivity index is 1.67. The van der Waals surface area contributed by atoms with Crippen LogP contribution in [-0.2, 0) is 9.53 Å². The quantitative estimate of drug-likeness (QED) is 0.603. The van der Waals surface area contributed by atoms with Crippen LogP contribution in [0, 0.1) is 13.8 Å². The Morgan fingerprint density at radius 2 is 1.76 bits per heavy atom. The molecule has 0 spiro atoms. The van der Waals surface area contributed by atoms with E-state index in [4.69, 9.17) is 4.74 Å². The minimum atomic E-state index is -0.426. The lowest BCUT2D eigenvalue weighted by atomic mass is 10.1. The largest absolute Gasteiger partial charge is 0.378 e. The highest BCUT2D eigenvalue weighted by Gasteiger charge is 2.30. The summed E-state index contributed by atoms with van der Waals surface area (Å²) in [6.07, 6.45) is 0. The molecule has 1 saturated heterocycles. The van der Waals surface area contributed by atoms with Gasteiger partial charge in [-0.05, 0) is 53.1 Å². The van der Waals surface area contributed by atoms with Gasteiger partial charge in [0.1, 0.15) is 5.25 Å². The number of benzene rings is 2. The maximum absolute atomic E-state index is 13.4. The van der Waals surface area contributed by atoms with E-state index < -0.39 is 5.25 Å². The van der Waals surface area contributed by atoms with E-state index in [9.17, 15) is 4.79 Å². The Morgan fingerprint density at radius 3 is 2.45 bits per heavy atom. The number of amides is 1. The van der Waals surface area contributed by atoms with Crippen LogP contribution >= 0.6 is 11.8 Å². The third kappa shape index (κ3) is 4.49. The molecule has 0 aliphatic carbocycles. The summed E-state index contributed by atoms with van der Waals surface area (Å²) in [5.74, 6) is 0.0551. The summed E-state index contributed by atoms with van der Waals surface area (Å²) in [5.41, 5.74) is 4.09. The second-order valence-corrected chi connectivity index (χ2v) is 8.14. The van der Waals surface area contributed by atoms with Crippen molar-refractivity contribution in [2.24, 2.45) is 0 Å². The molecule has 1 fully saturated rings. The maximum atomic E-state index is 13.4. The summed E-state index contributed by atoms with van der Waals surface area (Å²) >= 11 is 1.38. The number of morpholine rings is 1. The van der Waals surface area contributed by atoms with E-state index in [-0.39, 0.29) is 5.91 Å². The van der Waals surface area contributed by atoms with Crippen molar-refractivity contribution in [2.75, 3.05) is 26.3 Å². The Kier molecular flexibility index (Phi) is 5.92. The lowest BCUT2D eigenvalue weighted by Gasteiger charge is -2.30. The Labute approximate surface area is 174 Å². The predicted octanol–water partition coefficient (Wildman–Crippen LogP) is 2.97. The number of rotatable bonds is 5. The Morgan fingerprint density at radius 1 is 1.07 bits per heavy atom. The van der Waals surface area contributed by atoms with Crippen molar-refractivity contribution in [1.29, 1.82) is 0 Å². The van der Waals surface area contributed by atoms with Gasteiger partial charge in [0.15, 0.2) is 0 Å². The predicted molar refractivity (Wildman–Crippen MR) is 111 cm³/mol. The maximum Gasteiger partial charge on any atom is 0.240 e. The van der Waals surface area contributed by atoms with Gasteiger partial charge in [-0.2, -0.15) is 4.68 Å². The number of carbonyl (C=O) groups excluding carboxylic acids is 1. The summed E-state index contributed by atoms with van der Waals surface area (Å²) in [6, 6.07) is 16.0. The first-order valence-electron chi connectivity index (χ1n) is 9.57. The first-order valence-corrected chi connectivity index (χ1v) is 10.4. The molecule has 1 aliphatic rings. The number of thioether (sulfide) groups is 1. The van der Waals surface area contributed by atoms with E-state index in [0.717, 1.165) is 22.4 Å². The first-order chi connectivity index (χ1) is 14.1. The summed E-state index contributed by atoms with van der Waals surface area (Å²) < 4.78 is 7.10. The molecule has 1 aliphatic heterocycles. The highest BCUT2D eigenvalue weighted by Crippen LogP contribution is 2.36. The molecule has 0 unspecified atom stereocenters. The van der Waals surface area contributed by atoms with Crippen molar-refractivity contribution in [3.8, 4) is 5.69 Å². The molecule has 1 amide bonds. The zero-order valence-corrected chi connectivity index (χ0v) is 17.3. The second kappa shape index (κ2) is 8.75. The van der Waals surface area contributed by atoms with Gasteiger partial charge in [0.25, 0.3) is 0 Å². The Bertz CT molecular complexity index is 965. The fourth-order valence-electron chi connectivity index (χ4n) is 3.43. The number of carbonyl (C=O) groups is 1. The van der Waals surface area contributed by atoms with Gasteiger partial charge in [-0.15, -0.1) is 5.10 Å². The van der Waals surface area contributed by atoms with Crippen molar-refractivity contribution in [3.63, 3.8) is 0 Å². The van der Waals surface area contributed by atoms with Gasteiger partial charge in [0.2, 0.25) is 11.1 Å². The van der Waals surface area contributed by atoms with Crippen LogP contribution in [0.4, 0.5) is 0 Å². The molecule has 1 atom stereocenters. The van der Waals surface area contributed by atoms with Crippen molar-refractivity contribution in [2.45, 2.75) is 24.3 Å². The molecule has 0 N–H and O–H groups in total. The van der Waals surface area contributed by atoms with Crippen LogP contribution in [0.1, 0.15) is 21.9 Å². The molecule has 7 nitrogen and oxygen atoms in total. The molecule has 29 heavy (non-hydrogen) atoms. The molecule has 2 heterocycles. The fourth-order valence-corrected chi connectivity index (χ4v) is 4.51.